The maximum Gasteiger partial charge on any atom is 0.0514 e. The van der Waals surface area contributed by atoms with E-state index >= 15 is 0 Å². The number of rotatable bonds is 5. The van der Waals surface area contributed by atoms with Gasteiger partial charge in [0.05, 0.1) is 5.54 Å². The first-order valence-electron chi connectivity index (χ1n) is 6.47. The average Bonchev–Trinajstić information content (AvgIpc) is 2.69. The van der Waals surface area contributed by atoms with Gasteiger partial charge in [0.15, 0.2) is 0 Å². The quantitative estimate of drug-likeness (QED) is 0.812. The van der Waals surface area contributed by atoms with Crippen molar-refractivity contribution in [1.82, 2.24) is 0 Å². The van der Waals surface area contributed by atoms with Crippen molar-refractivity contribution < 1.29 is 0 Å². The van der Waals surface area contributed by atoms with Gasteiger partial charge >= 0.3 is 0 Å². The first-order chi connectivity index (χ1) is 7.64. The van der Waals surface area contributed by atoms with Gasteiger partial charge in [-0.15, -0.1) is 11.3 Å². The molecule has 16 heavy (non-hydrogen) atoms. The van der Waals surface area contributed by atoms with Crippen molar-refractivity contribution in [3.8, 4) is 0 Å². The third-order valence-corrected chi connectivity index (χ3v) is 5.04. The molecular weight excluding hydrogens is 214 g/mol. The molecule has 2 rings (SSSR count). The largest absolute Gasteiger partial charge is 0.321 e. The average molecular weight is 237 g/mol. The van der Waals surface area contributed by atoms with Crippen LogP contribution in [0, 0.1) is 5.41 Å². The van der Waals surface area contributed by atoms with Crippen molar-refractivity contribution in [2.45, 2.75) is 57.9 Å². The Morgan fingerprint density at radius 3 is 2.31 bits per heavy atom. The molecule has 90 valence electrons. The van der Waals surface area contributed by atoms with Crippen LogP contribution in [0.2, 0.25) is 0 Å². The molecule has 1 aliphatic rings. The monoisotopic (exact) mass is 237 g/mol. The Hall–Kier alpha value is -0.340. The summed E-state index contributed by atoms with van der Waals surface area (Å²) in [5, 5.41) is 2.14. The van der Waals surface area contributed by atoms with Gasteiger partial charge < -0.3 is 5.73 Å². The van der Waals surface area contributed by atoms with Crippen molar-refractivity contribution in [1.29, 1.82) is 0 Å². The zero-order valence-electron chi connectivity index (χ0n) is 10.5. The lowest BCUT2D eigenvalue weighted by Crippen LogP contribution is -2.55. The molecular formula is C14H23NS. The highest BCUT2D eigenvalue weighted by atomic mass is 32.1. The van der Waals surface area contributed by atoms with E-state index in [0.29, 0.717) is 5.41 Å². The van der Waals surface area contributed by atoms with Crippen LogP contribution < -0.4 is 5.73 Å². The Balaban J connectivity index is 2.05. The molecule has 1 nitrogen and oxygen atoms in total. The fourth-order valence-corrected chi connectivity index (χ4v) is 4.40. The minimum absolute atomic E-state index is 0.00148. The summed E-state index contributed by atoms with van der Waals surface area (Å²) in [4.78, 5) is 1.38. The molecule has 1 aromatic rings. The second kappa shape index (κ2) is 4.50. The fraction of sp³-hybridized carbons (Fsp3) is 0.714. The lowest BCUT2D eigenvalue weighted by molar-refractivity contribution is 0.00837. The normalized spacial score (nSPS) is 21.7. The Morgan fingerprint density at radius 2 is 1.88 bits per heavy atom. The maximum atomic E-state index is 6.52. The van der Waals surface area contributed by atoms with Crippen LogP contribution in [0.15, 0.2) is 17.5 Å². The molecule has 0 unspecified atom stereocenters. The molecule has 0 bridgehead atoms. The van der Waals surface area contributed by atoms with Crippen molar-refractivity contribution in [2.75, 3.05) is 0 Å². The summed E-state index contributed by atoms with van der Waals surface area (Å²) in [5.74, 6) is 0. The lowest BCUT2D eigenvalue weighted by Gasteiger charge is -2.55. The lowest BCUT2D eigenvalue weighted by atomic mass is 9.54. The number of nitrogens with two attached hydrogens (primary N) is 1. The number of thiophene rings is 1. The molecule has 1 aromatic heterocycles. The highest BCUT2D eigenvalue weighted by molar-refractivity contribution is 7.10. The summed E-state index contributed by atoms with van der Waals surface area (Å²) in [7, 11) is 0. The van der Waals surface area contributed by atoms with E-state index in [-0.39, 0.29) is 5.54 Å². The SMILES string of the molecule is CCCC1(CCC)CC(N)(c2cccs2)C1. The Labute approximate surface area is 103 Å². The second-order valence-corrected chi connectivity index (χ2v) is 6.43. The van der Waals surface area contributed by atoms with E-state index < -0.39 is 0 Å². The van der Waals surface area contributed by atoms with Crippen LogP contribution >= 0.6 is 11.3 Å². The Kier molecular flexibility index (Phi) is 3.41. The van der Waals surface area contributed by atoms with E-state index in [1.165, 1.54) is 43.4 Å². The summed E-state index contributed by atoms with van der Waals surface area (Å²) in [6.45, 7) is 4.58. The van der Waals surface area contributed by atoms with Crippen molar-refractivity contribution in [3.63, 3.8) is 0 Å². The topological polar surface area (TPSA) is 26.0 Å². The molecule has 0 saturated heterocycles. The molecule has 1 saturated carbocycles. The van der Waals surface area contributed by atoms with Crippen LogP contribution in [-0.4, -0.2) is 0 Å². The van der Waals surface area contributed by atoms with Crippen molar-refractivity contribution in [3.05, 3.63) is 22.4 Å². The molecule has 1 fully saturated rings. The van der Waals surface area contributed by atoms with E-state index in [4.69, 9.17) is 5.73 Å². The van der Waals surface area contributed by atoms with E-state index in [1.807, 2.05) is 11.3 Å². The van der Waals surface area contributed by atoms with E-state index in [2.05, 4.69) is 31.4 Å². The molecule has 2 heteroatoms. The minimum atomic E-state index is -0.00148. The Morgan fingerprint density at radius 1 is 1.25 bits per heavy atom. The molecule has 1 heterocycles. The summed E-state index contributed by atoms with van der Waals surface area (Å²) >= 11 is 1.82. The van der Waals surface area contributed by atoms with Crippen molar-refractivity contribution in [2.24, 2.45) is 11.1 Å². The van der Waals surface area contributed by atoms with Gasteiger partial charge in [-0.05, 0) is 42.5 Å². The van der Waals surface area contributed by atoms with E-state index in [1.54, 1.807) is 0 Å². The summed E-state index contributed by atoms with van der Waals surface area (Å²) < 4.78 is 0. The van der Waals surface area contributed by atoms with Gasteiger partial charge in [0.1, 0.15) is 0 Å². The number of hydrogen-bond donors (Lipinski definition) is 1. The third-order valence-electron chi connectivity index (χ3n) is 3.95. The molecule has 2 N–H and O–H groups in total. The predicted molar refractivity (Wildman–Crippen MR) is 71.7 cm³/mol. The summed E-state index contributed by atoms with van der Waals surface area (Å²) in [5.41, 5.74) is 7.07. The summed E-state index contributed by atoms with van der Waals surface area (Å²) in [6, 6.07) is 4.32. The summed E-state index contributed by atoms with van der Waals surface area (Å²) in [6.07, 6.45) is 7.68. The second-order valence-electron chi connectivity index (χ2n) is 5.49. The van der Waals surface area contributed by atoms with Crippen molar-refractivity contribution >= 4 is 11.3 Å². The zero-order valence-corrected chi connectivity index (χ0v) is 11.3. The van der Waals surface area contributed by atoms with Gasteiger partial charge in [0.25, 0.3) is 0 Å². The van der Waals surface area contributed by atoms with Gasteiger partial charge in [-0.1, -0.05) is 32.8 Å². The first-order valence-corrected chi connectivity index (χ1v) is 7.35. The van der Waals surface area contributed by atoms with Gasteiger partial charge in [-0.25, -0.2) is 0 Å². The molecule has 0 aromatic carbocycles. The van der Waals surface area contributed by atoms with Crippen LogP contribution in [0.3, 0.4) is 0 Å². The van der Waals surface area contributed by atoms with Crippen LogP contribution in [0.25, 0.3) is 0 Å². The number of hydrogen-bond acceptors (Lipinski definition) is 2. The standard InChI is InChI=1S/C14H23NS/c1-3-7-13(8-4-2)10-14(15,11-13)12-6-5-9-16-12/h5-6,9H,3-4,7-8,10-11,15H2,1-2H3. The van der Waals surface area contributed by atoms with Gasteiger partial charge in [-0.2, -0.15) is 0 Å². The first kappa shape index (κ1) is 12.1. The molecule has 0 spiro atoms. The molecule has 1 aliphatic carbocycles. The van der Waals surface area contributed by atoms with Crippen LogP contribution in [0.4, 0.5) is 0 Å². The highest BCUT2D eigenvalue weighted by Crippen LogP contribution is 2.58. The molecule has 0 aliphatic heterocycles. The third kappa shape index (κ3) is 2.05. The molecule has 0 atom stereocenters. The smallest absolute Gasteiger partial charge is 0.0514 e. The Bertz CT molecular complexity index is 315. The minimum Gasteiger partial charge on any atom is -0.321 e. The maximum absolute atomic E-state index is 6.52. The van der Waals surface area contributed by atoms with Crippen LogP contribution in [0.1, 0.15) is 57.2 Å². The van der Waals surface area contributed by atoms with Gasteiger partial charge in [0.2, 0.25) is 0 Å². The molecule has 0 amide bonds. The van der Waals surface area contributed by atoms with Gasteiger partial charge in [0, 0.05) is 4.88 Å². The van der Waals surface area contributed by atoms with Crippen LogP contribution in [-0.2, 0) is 5.54 Å². The zero-order chi connectivity index (χ0) is 11.6. The van der Waals surface area contributed by atoms with E-state index in [9.17, 15) is 0 Å². The van der Waals surface area contributed by atoms with Crippen LogP contribution in [0.5, 0.6) is 0 Å². The highest BCUT2D eigenvalue weighted by Gasteiger charge is 2.52. The fourth-order valence-electron chi connectivity index (χ4n) is 3.56. The molecule has 0 radical (unpaired) electrons. The van der Waals surface area contributed by atoms with E-state index in [0.717, 1.165) is 0 Å². The van der Waals surface area contributed by atoms with Gasteiger partial charge in [-0.3, -0.25) is 0 Å². The predicted octanol–water partition coefficient (Wildman–Crippen LogP) is 4.28.